The van der Waals surface area contributed by atoms with Crippen LogP contribution in [0.15, 0.2) is 6.07 Å². The Morgan fingerprint density at radius 2 is 2.38 bits per heavy atom. The molecule has 86 valence electrons. The first-order chi connectivity index (χ1) is 7.56. The molecule has 1 N–H and O–H groups in total. The van der Waals surface area contributed by atoms with Gasteiger partial charge in [0.1, 0.15) is 5.75 Å². The van der Waals surface area contributed by atoms with Crippen LogP contribution in [0.25, 0.3) is 0 Å². The summed E-state index contributed by atoms with van der Waals surface area (Å²) in [6.45, 7) is 4.39. The molecule has 3 nitrogen and oxygen atoms in total. The number of ether oxygens (including phenoxy) is 1. The quantitative estimate of drug-likeness (QED) is 0.633. The normalized spacial score (nSPS) is 10.1. The fourth-order valence-corrected chi connectivity index (χ4v) is 2.10. The molecule has 0 atom stereocenters. The van der Waals surface area contributed by atoms with Crippen LogP contribution in [0.3, 0.4) is 0 Å². The first kappa shape index (κ1) is 12.6. The van der Waals surface area contributed by atoms with E-state index in [1.54, 1.807) is 6.07 Å². The number of hydrogen-bond donors (Lipinski definition) is 1. The second kappa shape index (κ2) is 5.57. The number of rotatable bonds is 5. The van der Waals surface area contributed by atoms with Crippen LogP contribution < -0.4 is 4.74 Å². The largest absolute Gasteiger partial charge is 0.491 e. The molecule has 0 amide bonds. The van der Waals surface area contributed by atoms with Crippen molar-refractivity contribution in [2.24, 2.45) is 0 Å². The third-order valence-corrected chi connectivity index (χ3v) is 3.39. The summed E-state index contributed by atoms with van der Waals surface area (Å²) in [5.74, 6) is 2.22. The molecular weight excluding hydrogens is 224 g/mol. The molecule has 4 heteroatoms. The van der Waals surface area contributed by atoms with Gasteiger partial charge in [0, 0.05) is 11.3 Å². The molecule has 0 spiro atoms. The first-order valence-electron chi connectivity index (χ1n) is 4.99. The van der Waals surface area contributed by atoms with Gasteiger partial charge in [-0.05, 0) is 12.0 Å². The summed E-state index contributed by atoms with van der Waals surface area (Å²) in [5.41, 5.74) is 0. The highest BCUT2D eigenvalue weighted by Gasteiger charge is 2.17. The summed E-state index contributed by atoms with van der Waals surface area (Å²) in [4.78, 5) is 12.2. The number of thiophene rings is 1. The predicted molar refractivity (Wildman–Crippen MR) is 64.3 cm³/mol. The van der Waals surface area contributed by atoms with Gasteiger partial charge in [-0.1, -0.05) is 13.8 Å². The molecule has 0 bridgehead atoms. The first-order valence-corrected chi connectivity index (χ1v) is 5.81. The molecule has 0 saturated carbocycles. The molecule has 0 saturated heterocycles. The molecule has 0 aromatic carbocycles. The maximum atomic E-state index is 11.0. The van der Waals surface area contributed by atoms with Crippen molar-refractivity contribution < 1.29 is 14.6 Å². The Hall–Kier alpha value is -1.47. The number of carboxylic acid groups (broad SMARTS) is 1. The van der Waals surface area contributed by atoms with Gasteiger partial charge in [-0.25, -0.2) is 4.79 Å². The van der Waals surface area contributed by atoms with E-state index in [1.807, 2.05) is 13.8 Å². The fraction of sp³-hybridized carbons (Fsp3) is 0.417. The van der Waals surface area contributed by atoms with Crippen LogP contribution in [0.5, 0.6) is 5.75 Å². The molecular formula is C12H14O3S. The van der Waals surface area contributed by atoms with Crippen LogP contribution >= 0.6 is 11.3 Å². The van der Waals surface area contributed by atoms with E-state index in [0.717, 1.165) is 4.88 Å². The Labute approximate surface area is 99.1 Å². The van der Waals surface area contributed by atoms with Crippen molar-refractivity contribution in [3.05, 3.63) is 15.8 Å². The molecule has 0 fully saturated rings. The van der Waals surface area contributed by atoms with Crippen molar-refractivity contribution in [2.45, 2.75) is 26.2 Å². The summed E-state index contributed by atoms with van der Waals surface area (Å²) in [7, 11) is 0. The zero-order valence-electron chi connectivity index (χ0n) is 9.32. The lowest BCUT2D eigenvalue weighted by Crippen LogP contribution is -2.00. The molecule has 1 heterocycles. The summed E-state index contributed by atoms with van der Waals surface area (Å²) in [6.07, 6.45) is 5.58. The smallest absolute Gasteiger partial charge is 0.349 e. The topological polar surface area (TPSA) is 46.5 Å². The minimum atomic E-state index is -0.951. The number of terminal acetylenes is 1. The minimum Gasteiger partial charge on any atom is -0.491 e. The van der Waals surface area contributed by atoms with Gasteiger partial charge in [0.05, 0.1) is 6.61 Å². The van der Waals surface area contributed by atoms with Gasteiger partial charge in [0.2, 0.25) is 0 Å². The predicted octanol–water partition coefficient (Wildman–Crippen LogP) is 2.97. The highest BCUT2D eigenvalue weighted by atomic mass is 32.1. The van der Waals surface area contributed by atoms with Crippen molar-refractivity contribution in [3.63, 3.8) is 0 Å². The molecule has 16 heavy (non-hydrogen) atoms. The van der Waals surface area contributed by atoms with Gasteiger partial charge >= 0.3 is 5.97 Å². The molecule has 0 aliphatic heterocycles. The minimum absolute atomic E-state index is 0.251. The Bertz CT molecular complexity index is 412. The summed E-state index contributed by atoms with van der Waals surface area (Å²) >= 11 is 1.26. The van der Waals surface area contributed by atoms with Gasteiger partial charge in [0.25, 0.3) is 0 Å². The summed E-state index contributed by atoms with van der Waals surface area (Å²) in [6, 6.07) is 1.79. The van der Waals surface area contributed by atoms with Crippen molar-refractivity contribution in [2.75, 3.05) is 6.61 Å². The van der Waals surface area contributed by atoms with Crippen molar-refractivity contribution >= 4 is 17.3 Å². The van der Waals surface area contributed by atoms with Crippen molar-refractivity contribution in [1.29, 1.82) is 0 Å². The van der Waals surface area contributed by atoms with Gasteiger partial charge in [-0.15, -0.1) is 23.7 Å². The monoisotopic (exact) mass is 238 g/mol. The molecule has 1 rings (SSSR count). The van der Waals surface area contributed by atoms with E-state index >= 15 is 0 Å². The number of hydrogen-bond acceptors (Lipinski definition) is 3. The van der Waals surface area contributed by atoms with Crippen molar-refractivity contribution in [1.82, 2.24) is 0 Å². The van der Waals surface area contributed by atoms with Gasteiger partial charge in [0.15, 0.2) is 4.88 Å². The van der Waals surface area contributed by atoms with Crippen LogP contribution in [-0.4, -0.2) is 17.7 Å². The average Bonchev–Trinajstić information content (AvgIpc) is 2.62. The average molecular weight is 238 g/mol. The number of aromatic carboxylic acids is 1. The van der Waals surface area contributed by atoms with E-state index in [-0.39, 0.29) is 4.88 Å². The van der Waals surface area contributed by atoms with E-state index in [0.29, 0.717) is 24.7 Å². The lowest BCUT2D eigenvalue weighted by atomic mass is 10.2. The van der Waals surface area contributed by atoms with Crippen LogP contribution in [-0.2, 0) is 0 Å². The Kier molecular flexibility index (Phi) is 4.39. The van der Waals surface area contributed by atoms with Crippen LogP contribution in [0, 0.1) is 12.3 Å². The Morgan fingerprint density at radius 3 is 2.88 bits per heavy atom. The molecule has 1 aromatic rings. The molecule has 0 aliphatic carbocycles. The molecule has 1 aromatic heterocycles. The Balaban J connectivity index is 2.88. The molecule has 0 unspecified atom stereocenters. The van der Waals surface area contributed by atoms with Crippen LogP contribution in [0.4, 0.5) is 0 Å². The van der Waals surface area contributed by atoms with Crippen LogP contribution in [0.2, 0.25) is 0 Å². The summed E-state index contributed by atoms with van der Waals surface area (Å²) in [5, 5.41) is 9.01. The van der Waals surface area contributed by atoms with E-state index < -0.39 is 5.97 Å². The fourth-order valence-electron chi connectivity index (χ4n) is 1.15. The second-order valence-corrected chi connectivity index (χ2v) is 4.69. The van der Waals surface area contributed by atoms with E-state index in [2.05, 4.69) is 5.92 Å². The summed E-state index contributed by atoms with van der Waals surface area (Å²) < 4.78 is 5.36. The zero-order chi connectivity index (χ0) is 12.1. The van der Waals surface area contributed by atoms with Crippen molar-refractivity contribution in [3.8, 4) is 18.1 Å². The van der Waals surface area contributed by atoms with E-state index in [4.69, 9.17) is 16.3 Å². The second-order valence-electron chi connectivity index (χ2n) is 3.60. The molecule has 0 aliphatic rings. The highest BCUT2D eigenvalue weighted by molar-refractivity contribution is 7.14. The van der Waals surface area contributed by atoms with E-state index in [9.17, 15) is 4.79 Å². The van der Waals surface area contributed by atoms with Gasteiger partial charge in [-0.2, -0.15) is 0 Å². The highest BCUT2D eigenvalue weighted by Crippen LogP contribution is 2.33. The third-order valence-electron chi connectivity index (χ3n) is 1.98. The lowest BCUT2D eigenvalue weighted by Gasteiger charge is -2.01. The van der Waals surface area contributed by atoms with Crippen LogP contribution in [0.1, 0.15) is 40.7 Å². The van der Waals surface area contributed by atoms with Gasteiger partial charge < -0.3 is 9.84 Å². The zero-order valence-corrected chi connectivity index (χ0v) is 10.1. The maximum absolute atomic E-state index is 11.0. The Morgan fingerprint density at radius 1 is 1.69 bits per heavy atom. The third kappa shape index (κ3) is 3.01. The SMILES string of the molecule is C#CCCOc1cc(C(C)C)sc1C(=O)O. The number of carboxylic acids is 1. The molecule has 0 radical (unpaired) electrons. The van der Waals surface area contributed by atoms with E-state index in [1.165, 1.54) is 11.3 Å². The number of carbonyl (C=O) groups is 1. The lowest BCUT2D eigenvalue weighted by molar-refractivity contribution is 0.0698. The van der Waals surface area contributed by atoms with Gasteiger partial charge in [-0.3, -0.25) is 0 Å². The standard InChI is InChI=1S/C12H14O3S/c1-4-5-6-15-9-7-10(8(2)3)16-11(9)12(13)14/h1,7-8H,5-6H2,2-3H3,(H,13,14). The maximum Gasteiger partial charge on any atom is 0.349 e.